The number of carboxylic acid groups (broad SMARTS) is 2. The zero-order valence-corrected chi connectivity index (χ0v) is 17.4. The molecule has 166 valence electrons. The van der Waals surface area contributed by atoms with Gasteiger partial charge in [0.2, 0.25) is 5.95 Å². The normalized spacial score (nSPS) is 11.8. The SMILES string of the molecule is Nc1nc2ncc(CSc3ccc(C(=O)N[C@@H](CCC(=O)O)C(=O)O)cc3)cc2c(=O)[nH]1. The van der Waals surface area contributed by atoms with Crippen molar-refractivity contribution in [2.75, 3.05) is 5.73 Å². The first kappa shape index (κ1) is 22.7. The molecule has 2 heterocycles. The maximum atomic E-state index is 12.3. The Kier molecular flexibility index (Phi) is 7.05. The van der Waals surface area contributed by atoms with Crippen LogP contribution in [0.15, 0.2) is 46.2 Å². The van der Waals surface area contributed by atoms with Crippen molar-refractivity contribution >= 4 is 46.6 Å². The Labute approximate surface area is 185 Å². The van der Waals surface area contributed by atoms with Crippen LogP contribution in [0.5, 0.6) is 0 Å². The lowest BCUT2D eigenvalue weighted by molar-refractivity contribution is -0.140. The van der Waals surface area contributed by atoms with Crippen LogP contribution in [-0.2, 0) is 15.3 Å². The molecule has 0 radical (unpaired) electrons. The number of benzene rings is 1. The van der Waals surface area contributed by atoms with Crippen LogP contribution in [0.3, 0.4) is 0 Å². The highest BCUT2D eigenvalue weighted by molar-refractivity contribution is 7.98. The Hall–Kier alpha value is -3.93. The van der Waals surface area contributed by atoms with Gasteiger partial charge < -0.3 is 21.3 Å². The number of anilines is 1. The summed E-state index contributed by atoms with van der Waals surface area (Å²) in [6.45, 7) is 0. The van der Waals surface area contributed by atoms with Crippen molar-refractivity contribution in [3.63, 3.8) is 0 Å². The molecular formula is C20H19N5O6S. The van der Waals surface area contributed by atoms with Crippen molar-refractivity contribution in [3.8, 4) is 0 Å². The number of aromatic amines is 1. The maximum absolute atomic E-state index is 12.3. The van der Waals surface area contributed by atoms with Crippen LogP contribution in [0.1, 0.15) is 28.8 Å². The van der Waals surface area contributed by atoms with Crippen LogP contribution < -0.4 is 16.6 Å². The van der Waals surface area contributed by atoms with Gasteiger partial charge in [-0.15, -0.1) is 11.8 Å². The molecule has 32 heavy (non-hydrogen) atoms. The highest BCUT2D eigenvalue weighted by atomic mass is 32.2. The largest absolute Gasteiger partial charge is 0.481 e. The van der Waals surface area contributed by atoms with Gasteiger partial charge in [-0.05, 0) is 42.3 Å². The predicted molar refractivity (Wildman–Crippen MR) is 116 cm³/mol. The van der Waals surface area contributed by atoms with Gasteiger partial charge in [0, 0.05) is 28.8 Å². The Morgan fingerprint density at radius 2 is 1.91 bits per heavy atom. The topological polar surface area (TPSA) is 188 Å². The summed E-state index contributed by atoms with van der Waals surface area (Å²) in [5.74, 6) is -2.54. The number of nitrogen functional groups attached to an aromatic ring is 1. The maximum Gasteiger partial charge on any atom is 0.326 e. The van der Waals surface area contributed by atoms with Gasteiger partial charge in [-0.25, -0.2) is 9.78 Å². The number of nitrogens with one attached hydrogen (secondary N) is 2. The predicted octanol–water partition coefficient (Wildman–Crippen LogP) is 1.24. The number of pyridine rings is 1. The molecule has 0 unspecified atom stereocenters. The van der Waals surface area contributed by atoms with Crippen LogP contribution >= 0.6 is 11.8 Å². The standard InChI is InChI=1S/C20H19N5O6S/c21-20-24-16-13(18(29)25-20)7-10(8-22-16)9-32-12-3-1-11(2-4-12)17(28)23-14(19(30)31)5-6-15(26)27/h1-4,7-8,14H,5-6,9H2,(H,23,28)(H,26,27)(H,30,31)(H3,21,22,24,25,29)/t14-/m0/s1. The van der Waals surface area contributed by atoms with Crippen LogP contribution in [0.2, 0.25) is 0 Å². The number of nitrogens with two attached hydrogens (primary N) is 1. The average molecular weight is 457 g/mol. The molecule has 0 spiro atoms. The van der Waals surface area contributed by atoms with Gasteiger partial charge in [-0.2, -0.15) is 4.98 Å². The Morgan fingerprint density at radius 3 is 2.56 bits per heavy atom. The quantitative estimate of drug-likeness (QED) is 0.292. The van der Waals surface area contributed by atoms with E-state index in [1.165, 1.54) is 11.8 Å². The minimum atomic E-state index is -1.30. The fourth-order valence-corrected chi connectivity index (χ4v) is 3.62. The summed E-state index contributed by atoms with van der Waals surface area (Å²) in [6.07, 6.45) is 1.02. The number of thioether (sulfide) groups is 1. The van der Waals surface area contributed by atoms with E-state index in [1.807, 2.05) is 0 Å². The van der Waals surface area contributed by atoms with Gasteiger partial charge in [0.15, 0.2) is 5.65 Å². The molecule has 0 bridgehead atoms. The number of aliphatic carboxylic acids is 2. The van der Waals surface area contributed by atoms with Gasteiger partial charge in [-0.3, -0.25) is 19.4 Å². The van der Waals surface area contributed by atoms with Crippen molar-refractivity contribution in [1.29, 1.82) is 0 Å². The molecular weight excluding hydrogens is 438 g/mol. The summed E-state index contributed by atoms with van der Waals surface area (Å²) in [6, 6.07) is 6.90. The highest BCUT2D eigenvalue weighted by Crippen LogP contribution is 2.23. The van der Waals surface area contributed by atoms with E-state index in [9.17, 15) is 19.2 Å². The summed E-state index contributed by atoms with van der Waals surface area (Å²) in [4.78, 5) is 57.5. The van der Waals surface area contributed by atoms with Crippen molar-refractivity contribution in [2.45, 2.75) is 29.5 Å². The van der Waals surface area contributed by atoms with Crippen molar-refractivity contribution in [1.82, 2.24) is 20.3 Å². The van der Waals surface area contributed by atoms with Crippen LogP contribution in [0.4, 0.5) is 5.95 Å². The molecule has 0 fully saturated rings. The van der Waals surface area contributed by atoms with Crippen molar-refractivity contribution in [2.24, 2.45) is 0 Å². The smallest absolute Gasteiger partial charge is 0.326 e. The third-order valence-electron chi connectivity index (χ3n) is 4.41. The second kappa shape index (κ2) is 9.92. The number of hydrogen-bond donors (Lipinski definition) is 5. The lowest BCUT2D eigenvalue weighted by Crippen LogP contribution is -2.41. The Balaban J connectivity index is 1.62. The van der Waals surface area contributed by atoms with Crippen LogP contribution in [0.25, 0.3) is 11.0 Å². The van der Waals surface area contributed by atoms with E-state index in [0.29, 0.717) is 11.1 Å². The molecule has 0 saturated carbocycles. The van der Waals surface area contributed by atoms with Gasteiger partial charge in [0.1, 0.15) is 6.04 Å². The fraction of sp³-hybridized carbons (Fsp3) is 0.200. The molecule has 3 rings (SSSR count). The zero-order chi connectivity index (χ0) is 23.3. The summed E-state index contributed by atoms with van der Waals surface area (Å²) >= 11 is 1.45. The minimum Gasteiger partial charge on any atom is -0.481 e. The number of nitrogens with zero attached hydrogens (tertiary/aromatic N) is 2. The number of carboxylic acids is 2. The molecule has 0 aliphatic carbocycles. The third-order valence-corrected chi connectivity index (χ3v) is 5.49. The number of rotatable bonds is 9. The van der Waals surface area contributed by atoms with E-state index in [-0.39, 0.29) is 35.6 Å². The summed E-state index contributed by atoms with van der Waals surface area (Å²) in [5, 5.41) is 20.5. The molecule has 1 amide bonds. The molecule has 12 heteroatoms. The van der Waals surface area contributed by atoms with Gasteiger partial charge >= 0.3 is 11.9 Å². The van der Waals surface area contributed by atoms with Crippen molar-refractivity contribution in [3.05, 3.63) is 58.0 Å². The fourth-order valence-electron chi connectivity index (χ4n) is 2.80. The lowest BCUT2D eigenvalue weighted by atomic mass is 10.1. The molecule has 1 aromatic carbocycles. The number of amides is 1. The summed E-state index contributed by atoms with van der Waals surface area (Å²) < 4.78 is 0. The lowest BCUT2D eigenvalue weighted by Gasteiger charge is -2.13. The summed E-state index contributed by atoms with van der Waals surface area (Å²) in [7, 11) is 0. The van der Waals surface area contributed by atoms with E-state index < -0.39 is 23.9 Å². The summed E-state index contributed by atoms with van der Waals surface area (Å²) in [5.41, 5.74) is 6.44. The van der Waals surface area contributed by atoms with Gasteiger partial charge in [-0.1, -0.05) is 0 Å². The molecule has 11 nitrogen and oxygen atoms in total. The molecule has 0 saturated heterocycles. The van der Waals surface area contributed by atoms with E-state index in [0.717, 1.165) is 10.5 Å². The third kappa shape index (κ3) is 5.82. The van der Waals surface area contributed by atoms with E-state index in [2.05, 4.69) is 20.3 Å². The first-order chi connectivity index (χ1) is 15.2. The average Bonchev–Trinajstić information content (AvgIpc) is 2.75. The number of carbonyl (C=O) groups is 3. The molecule has 2 aromatic heterocycles. The van der Waals surface area contributed by atoms with Crippen LogP contribution in [-0.4, -0.2) is 49.1 Å². The minimum absolute atomic E-state index is 0.00203. The second-order valence-corrected chi connectivity index (χ2v) is 7.82. The Morgan fingerprint density at radius 1 is 1.19 bits per heavy atom. The molecule has 6 N–H and O–H groups in total. The van der Waals surface area contributed by atoms with Gasteiger partial charge in [0.05, 0.1) is 5.39 Å². The number of aromatic nitrogens is 3. The number of carbonyl (C=O) groups excluding carboxylic acids is 1. The molecule has 0 aliphatic rings. The monoisotopic (exact) mass is 457 g/mol. The van der Waals surface area contributed by atoms with Gasteiger partial charge in [0.25, 0.3) is 11.5 Å². The Bertz CT molecular complexity index is 1230. The molecule has 0 aliphatic heterocycles. The molecule has 3 aromatic rings. The number of H-pyrrole nitrogens is 1. The van der Waals surface area contributed by atoms with E-state index >= 15 is 0 Å². The van der Waals surface area contributed by atoms with Crippen LogP contribution in [0, 0.1) is 0 Å². The first-order valence-corrected chi connectivity index (χ1v) is 10.3. The molecule has 1 atom stereocenters. The van der Waals surface area contributed by atoms with Crippen molar-refractivity contribution < 1.29 is 24.6 Å². The van der Waals surface area contributed by atoms with E-state index in [4.69, 9.17) is 15.9 Å². The number of hydrogen-bond acceptors (Lipinski definition) is 8. The zero-order valence-electron chi connectivity index (χ0n) is 16.6. The second-order valence-electron chi connectivity index (χ2n) is 6.78. The van der Waals surface area contributed by atoms with E-state index in [1.54, 1.807) is 36.5 Å². The number of fused-ring (bicyclic) bond motifs is 1. The highest BCUT2D eigenvalue weighted by Gasteiger charge is 2.21. The first-order valence-electron chi connectivity index (χ1n) is 9.35.